The van der Waals surface area contributed by atoms with Crippen molar-refractivity contribution in [2.24, 2.45) is 0 Å². The molecule has 0 unspecified atom stereocenters. The Hall–Kier alpha value is -2.72. The first-order valence-corrected chi connectivity index (χ1v) is 7.95. The lowest BCUT2D eigenvalue weighted by Crippen LogP contribution is -2.24. The zero-order chi connectivity index (χ0) is 16.8. The number of benzene rings is 1. The topological polar surface area (TPSA) is 54.9 Å². The third-order valence-corrected chi connectivity index (χ3v) is 3.85. The van der Waals surface area contributed by atoms with Crippen LogP contribution in [-0.2, 0) is 17.8 Å². The predicted molar refractivity (Wildman–Crippen MR) is 94.5 cm³/mol. The summed E-state index contributed by atoms with van der Waals surface area (Å²) in [7, 11) is 0. The third-order valence-electron chi connectivity index (χ3n) is 3.60. The number of carbonyl (C=O) groups excluding carboxylic acids is 1. The van der Waals surface area contributed by atoms with Gasteiger partial charge >= 0.3 is 0 Å². The minimum atomic E-state index is -0.0400. The van der Waals surface area contributed by atoms with Crippen molar-refractivity contribution in [3.63, 3.8) is 0 Å². The molecule has 0 atom stereocenters. The highest BCUT2D eigenvalue weighted by Gasteiger charge is 2.08. The van der Waals surface area contributed by atoms with E-state index in [1.54, 1.807) is 30.7 Å². The summed E-state index contributed by atoms with van der Waals surface area (Å²) in [5.74, 6) is -0.0400. The molecule has 120 valence electrons. The van der Waals surface area contributed by atoms with E-state index in [2.05, 4.69) is 15.3 Å². The number of hydrogen-bond donors (Lipinski definition) is 1. The Kier molecular flexibility index (Phi) is 5.18. The van der Waals surface area contributed by atoms with Gasteiger partial charge in [-0.3, -0.25) is 14.8 Å². The van der Waals surface area contributed by atoms with Crippen LogP contribution < -0.4 is 5.32 Å². The highest BCUT2D eigenvalue weighted by molar-refractivity contribution is 6.30. The molecular formula is C19H16ClN3O. The molecule has 3 rings (SSSR count). The molecule has 24 heavy (non-hydrogen) atoms. The fourth-order valence-corrected chi connectivity index (χ4v) is 2.52. The Bertz CT molecular complexity index is 820. The van der Waals surface area contributed by atoms with Gasteiger partial charge in [0.15, 0.2) is 0 Å². The highest BCUT2D eigenvalue weighted by atomic mass is 35.5. The molecule has 2 heterocycles. The minimum Gasteiger partial charge on any atom is -0.352 e. The van der Waals surface area contributed by atoms with Crippen LogP contribution in [0.2, 0.25) is 5.02 Å². The number of hydrogen-bond acceptors (Lipinski definition) is 3. The van der Waals surface area contributed by atoms with Gasteiger partial charge in [-0.1, -0.05) is 29.8 Å². The number of amides is 1. The molecule has 0 radical (unpaired) electrons. The van der Waals surface area contributed by atoms with E-state index in [1.807, 2.05) is 36.4 Å². The standard InChI is InChI=1S/C19H16ClN3O/c20-17-5-3-14(4-6-17)12-18(24)23-13-16-2-1-9-22-19(16)15-7-10-21-11-8-15/h1-11H,12-13H2,(H,23,24). The van der Waals surface area contributed by atoms with Crippen molar-refractivity contribution in [1.82, 2.24) is 15.3 Å². The summed E-state index contributed by atoms with van der Waals surface area (Å²) in [4.78, 5) is 20.6. The number of nitrogens with one attached hydrogen (secondary N) is 1. The first kappa shape index (κ1) is 16.1. The summed E-state index contributed by atoms with van der Waals surface area (Å²) < 4.78 is 0. The molecule has 0 bridgehead atoms. The van der Waals surface area contributed by atoms with Gasteiger partial charge in [0.1, 0.15) is 0 Å². The predicted octanol–water partition coefficient (Wildman–Crippen LogP) is 3.66. The number of nitrogens with zero attached hydrogens (tertiary/aromatic N) is 2. The van der Waals surface area contributed by atoms with Gasteiger partial charge in [-0.25, -0.2) is 0 Å². The van der Waals surface area contributed by atoms with Crippen molar-refractivity contribution >= 4 is 17.5 Å². The SMILES string of the molecule is O=C(Cc1ccc(Cl)cc1)NCc1cccnc1-c1ccncc1. The number of halogens is 1. The lowest BCUT2D eigenvalue weighted by Gasteiger charge is -2.10. The van der Waals surface area contributed by atoms with Crippen LogP contribution in [0.25, 0.3) is 11.3 Å². The van der Waals surface area contributed by atoms with Crippen LogP contribution in [0.15, 0.2) is 67.1 Å². The van der Waals surface area contributed by atoms with Crippen molar-refractivity contribution < 1.29 is 4.79 Å². The quantitative estimate of drug-likeness (QED) is 0.773. The summed E-state index contributed by atoms with van der Waals surface area (Å²) in [6, 6.07) is 14.9. The van der Waals surface area contributed by atoms with Crippen LogP contribution in [0.5, 0.6) is 0 Å². The van der Waals surface area contributed by atoms with Gasteiger partial charge in [0.2, 0.25) is 5.91 Å². The van der Waals surface area contributed by atoms with Gasteiger partial charge < -0.3 is 5.32 Å². The van der Waals surface area contributed by atoms with E-state index >= 15 is 0 Å². The summed E-state index contributed by atoms with van der Waals surface area (Å²) in [6.45, 7) is 0.428. The lowest BCUT2D eigenvalue weighted by atomic mass is 10.1. The maximum absolute atomic E-state index is 12.1. The van der Waals surface area contributed by atoms with Gasteiger partial charge in [-0.05, 0) is 41.5 Å². The molecule has 0 saturated carbocycles. The fourth-order valence-electron chi connectivity index (χ4n) is 2.39. The van der Waals surface area contributed by atoms with E-state index in [9.17, 15) is 4.79 Å². The molecule has 0 fully saturated rings. The van der Waals surface area contributed by atoms with Crippen LogP contribution in [-0.4, -0.2) is 15.9 Å². The molecule has 0 saturated heterocycles. The second-order valence-electron chi connectivity index (χ2n) is 5.33. The normalized spacial score (nSPS) is 10.4. The molecule has 3 aromatic rings. The highest BCUT2D eigenvalue weighted by Crippen LogP contribution is 2.20. The van der Waals surface area contributed by atoms with Crippen LogP contribution in [0, 0.1) is 0 Å². The maximum Gasteiger partial charge on any atom is 0.224 e. The third kappa shape index (κ3) is 4.18. The van der Waals surface area contributed by atoms with Gasteiger partial charge in [0.05, 0.1) is 12.1 Å². The molecule has 0 spiro atoms. The van der Waals surface area contributed by atoms with Crippen LogP contribution in [0.3, 0.4) is 0 Å². The van der Waals surface area contributed by atoms with Crippen molar-refractivity contribution in [3.05, 3.63) is 83.3 Å². The Balaban J connectivity index is 1.66. The smallest absolute Gasteiger partial charge is 0.224 e. The molecule has 5 heteroatoms. The first-order chi connectivity index (χ1) is 11.7. The van der Waals surface area contributed by atoms with Crippen LogP contribution in [0.4, 0.5) is 0 Å². The molecular weight excluding hydrogens is 322 g/mol. The van der Waals surface area contributed by atoms with Gasteiger partial charge in [0, 0.05) is 35.7 Å². The van der Waals surface area contributed by atoms with E-state index in [4.69, 9.17) is 11.6 Å². The molecule has 1 N–H and O–H groups in total. The largest absolute Gasteiger partial charge is 0.352 e. The summed E-state index contributed by atoms with van der Waals surface area (Å²) in [5, 5.41) is 3.61. The monoisotopic (exact) mass is 337 g/mol. The molecule has 0 aliphatic rings. The average Bonchev–Trinajstić information content (AvgIpc) is 2.63. The number of carbonyl (C=O) groups is 1. The van der Waals surface area contributed by atoms with E-state index < -0.39 is 0 Å². The van der Waals surface area contributed by atoms with Gasteiger partial charge in [-0.15, -0.1) is 0 Å². The molecule has 0 aliphatic heterocycles. The Morgan fingerprint density at radius 3 is 2.50 bits per heavy atom. The molecule has 0 aliphatic carbocycles. The fraction of sp³-hybridized carbons (Fsp3) is 0.105. The average molecular weight is 338 g/mol. The molecule has 1 amide bonds. The van der Waals surface area contributed by atoms with Crippen LogP contribution in [0.1, 0.15) is 11.1 Å². The maximum atomic E-state index is 12.1. The Morgan fingerprint density at radius 2 is 1.75 bits per heavy atom. The second-order valence-corrected chi connectivity index (χ2v) is 5.76. The van der Waals surface area contributed by atoms with Crippen molar-refractivity contribution in [3.8, 4) is 11.3 Å². The Morgan fingerprint density at radius 1 is 1.00 bits per heavy atom. The molecule has 2 aromatic heterocycles. The summed E-state index contributed by atoms with van der Waals surface area (Å²) >= 11 is 5.85. The van der Waals surface area contributed by atoms with Crippen LogP contribution >= 0.6 is 11.6 Å². The first-order valence-electron chi connectivity index (χ1n) is 7.58. The summed E-state index contributed by atoms with van der Waals surface area (Å²) in [6.07, 6.45) is 5.52. The second kappa shape index (κ2) is 7.70. The summed E-state index contributed by atoms with van der Waals surface area (Å²) in [5.41, 5.74) is 3.73. The van der Waals surface area contributed by atoms with E-state index in [0.717, 1.165) is 22.4 Å². The lowest BCUT2D eigenvalue weighted by molar-refractivity contribution is -0.120. The number of pyridine rings is 2. The van der Waals surface area contributed by atoms with Gasteiger partial charge in [0.25, 0.3) is 0 Å². The molecule has 1 aromatic carbocycles. The zero-order valence-corrected chi connectivity index (χ0v) is 13.7. The number of rotatable bonds is 5. The number of aromatic nitrogens is 2. The van der Waals surface area contributed by atoms with Crippen molar-refractivity contribution in [2.45, 2.75) is 13.0 Å². The van der Waals surface area contributed by atoms with Crippen molar-refractivity contribution in [1.29, 1.82) is 0 Å². The van der Waals surface area contributed by atoms with Crippen molar-refractivity contribution in [2.75, 3.05) is 0 Å². The zero-order valence-electron chi connectivity index (χ0n) is 12.9. The van der Waals surface area contributed by atoms with E-state index in [1.165, 1.54) is 0 Å². The molecule has 4 nitrogen and oxygen atoms in total. The van der Waals surface area contributed by atoms with Gasteiger partial charge in [-0.2, -0.15) is 0 Å². The minimum absolute atomic E-state index is 0.0400. The van der Waals surface area contributed by atoms with E-state index in [-0.39, 0.29) is 5.91 Å². The Labute approximate surface area is 145 Å². The van der Waals surface area contributed by atoms with E-state index in [0.29, 0.717) is 18.0 Å².